The van der Waals surface area contributed by atoms with E-state index in [1.165, 1.54) is 6.07 Å². The van der Waals surface area contributed by atoms with E-state index in [1.54, 1.807) is 0 Å². The van der Waals surface area contributed by atoms with Crippen LogP contribution < -0.4 is 5.32 Å². The molecule has 1 fully saturated rings. The van der Waals surface area contributed by atoms with Crippen molar-refractivity contribution < 1.29 is 13.6 Å². The summed E-state index contributed by atoms with van der Waals surface area (Å²) in [6, 6.07) is 1.16. The van der Waals surface area contributed by atoms with E-state index in [0.29, 0.717) is 0 Å². The van der Waals surface area contributed by atoms with Gasteiger partial charge in [-0.1, -0.05) is 0 Å². The number of likely N-dealkylation sites (tertiary alicyclic amines) is 1. The minimum Gasteiger partial charge on any atom is -0.348 e. The van der Waals surface area contributed by atoms with E-state index < -0.39 is 17.7 Å². The van der Waals surface area contributed by atoms with Crippen LogP contribution in [0.2, 0.25) is 0 Å². The molecule has 1 saturated heterocycles. The Kier molecular flexibility index (Phi) is 3.33. The molecule has 92 valence electrons. The first-order valence-corrected chi connectivity index (χ1v) is 5.37. The Labute approximate surface area is 97.6 Å². The van der Waals surface area contributed by atoms with E-state index in [4.69, 9.17) is 0 Å². The maximum atomic E-state index is 13.3. The van der Waals surface area contributed by atoms with Crippen LogP contribution in [0.25, 0.3) is 0 Å². The number of amides is 1. The summed E-state index contributed by atoms with van der Waals surface area (Å²) in [6.45, 7) is 1.61. The normalized spacial score (nSPS) is 20.5. The minimum absolute atomic E-state index is 0.0110. The van der Waals surface area contributed by atoms with Gasteiger partial charge in [0.25, 0.3) is 5.91 Å². The fourth-order valence-corrected chi connectivity index (χ4v) is 1.91. The van der Waals surface area contributed by atoms with Crippen LogP contribution >= 0.6 is 0 Å². The number of nitrogens with zero attached hydrogens (tertiary/aromatic N) is 2. The van der Waals surface area contributed by atoms with Gasteiger partial charge in [0.1, 0.15) is 0 Å². The highest BCUT2D eigenvalue weighted by Gasteiger charge is 2.23. The van der Waals surface area contributed by atoms with Crippen molar-refractivity contribution in [2.75, 3.05) is 20.1 Å². The Balaban J connectivity index is 2.07. The second-order valence-electron chi connectivity index (χ2n) is 4.18. The molecular weight excluding hydrogens is 228 g/mol. The van der Waals surface area contributed by atoms with Crippen molar-refractivity contribution in [1.29, 1.82) is 0 Å². The summed E-state index contributed by atoms with van der Waals surface area (Å²) in [7, 11) is 1.94. The number of pyridine rings is 1. The number of likely N-dealkylation sites (N-methyl/N-ethyl adjacent to an activating group) is 1. The molecule has 0 spiro atoms. The zero-order valence-corrected chi connectivity index (χ0v) is 9.41. The number of aromatic nitrogens is 1. The zero-order chi connectivity index (χ0) is 12.4. The van der Waals surface area contributed by atoms with E-state index in [1.807, 2.05) is 7.05 Å². The fourth-order valence-electron chi connectivity index (χ4n) is 1.91. The molecule has 2 heterocycles. The summed E-state index contributed by atoms with van der Waals surface area (Å²) >= 11 is 0. The van der Waals surface area contributed by atoms with Crippen LogP contribution in [-0.2, 0) is 0 Å². The van der Waals surface area contributed by atoms with Crippen molar-refractivity contribution in [3.63, 3.8) is 0 Å². The van der Waals surface area contributed by atoms with Crippen LogP contribution in [0.1, 0.15) is 16.8 Å². The Bertz CT molecular complexity index is 439. The number of rotatable bonds is 2. The van der Waals surface area contributed by atoms with Gasteiger partial charge in [-0.15, -0.1) is 0 Å². The lowest BCUT2D eigenvalue weighted by Crippen LogP contribution is -2.37. The molecule has 1 aromatic rings. The molecule has 4 nitrogen and oxygen atoms in total. The van der Waals surface area contributed by atoms with Gasteiger partial charge >= 0.3 is 0 Å². The lowest BCUT2D eigenvalue weighted by molar-refractivity contribution is 0.0933. The molecule has 17 heavy (non-hydrogen) atoms. The summed E-state index contributed by atoms with van der Waals surface area (Å²) in [6.07, 6.45) is 1.89. The van der Waals surface area contributed by atoms with Gasteiger partial charge in [0.05, 0.1) is 5.56 Å². The van der Waals surface area contributed by atoms with Crippen LogP contribution in [0.15, 0.2) is 12.3 Å². The monoisotopic (exact) mass is 241 g/mol. The van der Waals surface area contributed by atoms with E-state index in [-0.39, 0.29) is 11.6 Å². The van der Waals surface area contributed by atoms with Gasteiger partial charge in [-0.3, -0.25) is 4.79 Å². The first kappa shape index (κ1) is 11.9. The summed E-state index contributed by atoms with van der Waals surface area (Å²) < 4.78 is 26.1. The number of nitrogens with one attached hydrogen (secondary N) is 1. The predicted octanol–water partition coefficient (Wildman–Crippen LogP) is 0.794. The molecule has 6 heteroatoms. The van der Waals surface area contributed by atoms with Gasteiger partial charge in [0.2, 0.25) is 5.95 Å². The van der Waals surface area contributed by atoms with Crippen LogP contribution in [0.3, 0.4) is 0 Å². The lowest BCUT2D eigenvalue weighted by atomic mass is 10.2. The Morgan fingerprint density at radius 3 is 3.00 bits per heavy atom. The third-order valence-electron chi connectivity index (χ3n) is 2.82. The number of hydrogen-bond donors (Lipinski definition) is 1. The van der Waals surface area contributed by atoms with Crippen molar-refractivity contribution in [1.82, 2.24) is 15.2 Å². The molecule has 0 bridgehead atoms. The van der Waals surface area contributed by atoms with Crippen LogP contribution in [0.5, 0.6) is 0 Å². The maximum Gasteiger partial charge on any atom is 0.254 e. The molecule has 1 aliphatic rings. The Morgan fingerprint density at radius 2 is 2.35 bits per heavy atom. The summed E-state index contributed by atoms with van der Waals surface area (Å²) in [5, 5.41) is 2.68. The highest BCUT2D eigenvalue weighted by molar-refractivity contribution is 5.94. The van der Waals surface area contributed by atoms with E-state index in [2.05, 4.69) is 15.2 Å². The first-order valence-electron chi connectivity index (χ1n) is 5.37. The molecule has 1 atom stereocenters. The maximum absolute atomic E-state index is 13.3. The number of carbonyl (C=O) groups is 1. The predicted molar refractivity (Wildman–Crippen MR) is 57.5 cm³/mol. The number of halogens is 2. The Morgan fingerprint density at radius 1 is 1.59 bits per heavy atom. The minimum atomic E-state index is -1.25. The van der Waals surface area contributed by atoms with Crippen molar-refractivity contribution in [3.05, 3.63) is 29.6 Å². The fraction of sp³-hybridized carbons (Fsp3) is 0.455. The topological polar surface area (TPSA) is 45.2 Å². The van der Waals surface area contributed by atoms with Crippen molar-refractivity contribution >= 4 is 5.91 Å². The van der Waals surface area contributed by atoms with Gasteiger partial charge in [0.15, 0.2) is 5.82 Å². The third-order valence-corrected chi connectivity index (χ3v) is 2.82. The SMILES string of the molecule is CN1CCC(NC(=O)c2ccnc(F)c2F)C1. The molecule has 1 aliphatic heterocycles. The molecule has 1 aromatic heterocycles. The molecule has 0 aliphatic carbocycles. The van der Waals surface area contributed by atoms with Crippen LogP contribution in [0.4, 0.5) is 8.78 Å². The second kappa shape index (κ2) is 4.75. The Hall–Kier alpha value is -1.56. The van der Waals surface area contributed by atoms with E-state index >= 15 is 0 Å². The van der Waals surface area contributed by atoms with E-state index in [0.717, 1.165) is 25.7 Å². The molecule has 1 amide bonds. The molecule has 0 saturated carbocycles. The first-order chi connectivity index (χ1) is 8.08. The smallest absolute Gasteiger partial charge is 0.254 e. The molecule has 2 rings (SSSR count). The number of hydrogen-bond acceptors (Lipinski definition) is 3. The van der Waals surface area contributed by atoms with Gasteiger partial charge in [-0.2, -0.15) is 4.39 Å². The van der Waals surface area contributed by atoms with Crippen molar-refractivity contribution in [3.8, 4) is 0 Å². The van der Waals surface area contributed by atoms with E-state index in [9.17, 15) is 13.6 Å². The standard InChI is InChI=1S/C11H13F2N3O/c1-16-5-3-7(6-16)15-11(17)8-2-4-14-10(13)9(8)12/h2,4,7H,3,5-6H2,1H3,(H,15,17). The summed E-state index contributed by atoms with van der Waals surface area (Å²) in [4.78, 5) is 16.9. The molecule has 1 unspecified atom stereocenters. The molecule has 1 N–H and O–H groups in total. The molecular formula is C11H13F2N3O. The van der Waals surface area contributed by atoms with Gasteiger partial charge < -0.3 is 10.2 Å². The molecule has 0 aromatic carbocycles. The van der Waals surface area contributed by atoms with Gasteiger partial charge in [-0.25, -0.2) is 9.37 Å². The highest BCUT2D eigenvalue weighted by Crippen LogP contribution is 2.11. The van der Waals surface area contributed by atoms with Gasteiger partial charge in [0, 0.05) is 18.8 Å². The number of carbonyl (C=O) groups excluding carboxylic acids is 1. The summed E-state index contributed by atoms with van der Waals surface area (Å²) in [5.74, 6) is -3.04. The lowest BCUT2D eigenvalue weighted by Gasteiger charge is -2.13. The van der Waals surface area contributed by atoms with Crippen molar-refractivity contribution in [2.24, 2.45) is 0 Å². The average Bonchev–Trinajstić information content (AvgIpc) is 2.68. The average molecular weight is 241 g/mol. The largest absolute Gasteiger partial charge is 0.348 e. The summed E-state index contributed by atoms with van der Waals surface area (Å²) in [5.41, 5.74) is -0.299. The third kappa shape index (κ3) is 2.58. The molecule has 0 radical (unpaired) electrons. The zero-order valence-electron chi connectivity index (χ0n) is 9.41. The highest BCUT2D eigenvalue weighted by atomic mass is 19.2. The van der Waals surface area contributed by atoms with Gasteiger partial charge in [-0.05, 0) is 26.1 Å². The van der Waals surface area contributed by atoms with Crippen LogP contribution in [0, 0.1) is 11.8 Å². The second-order valence-corrected chi connectivity index (χ2v) is 4.18. The van der Waals surface area contributed by atoms with Crippen LogP contribution in [-0.4, -0.2) is 42.0 Å². The quantitative estimate of drug-likeness (QED) is 0.779. The van der Waals surface area contributed by atoms with Crippen molar-refractivity contribution in [2.45, 2.75) is 12.5 Å².